The summed E-state index contributed by atoms with van der Waals surface area (Å²) in [5.41, 5.74) is 1.60. The van der Waals surface area contributed by atoms with Crippen LogP contribution in [0.3, 0.4) is 0 Å². The maximum atomic E-state index is 12.8. The molecule has 1 N–H and O–H groups in total. The van der Waals surface area contributed by atoms with E-state index < -0.39 is 6.04 Å². The number of benzene rings is 2. The quantitative estimate of drug-likeness (QED) is 0.685. The van der Waals surface area contributed by atoms with Crippen LogP contribution in [0.25, 0.3) is 0 Å². The Morgan fingerprint density at radius 1 is 1.07 bits per heavy atom. The van der Waals surface area contributed by atoms with E-state index in [-0.39, 0.29) is 25.0 Å². The first-order valence-electron chi connectivity index (χ1n) is 8.57. The molecular formula is C20H21Cl3N2O3. The maximum absolute atomic E-state index is 12.8. The average molecular weight is 444 g/mol. The molecule has 28 heavy (non-hydrogen) atoms. The molecule has 2 aromatic carbocycles. The van der Waals surface area contributed by atoms with E-state index in [2.05, 4.69) is 5.32 Å². The predicted octanol–water partition coefficient (Wildman–Crippen LogP) is 4.50. The first-order valence-corrected chi connectivity index (χ1v) is 9.70. The van der Waals surface area contributed by atoms with Crippen molar-refractivity contribution in [3.05, 3.63) is 62.6 Å². The van der Waals surface area contributed by atoms with Crippen molar-refractivity contribution in [1.82, 2.24) is 10.2 Å². The molecule has 2 amide bonds. The summed E-state index contributed by atoms with van der Waals surface area (Å²) in [7, 11) is 1.52. The number of nitrogens with zero attached hydrogens (tertiary/aromatic N) is 1. The molecule has 0 bridgehead atoms. The molecule has 0 aliphatic carbocycles. The van der Waals surface area contributed by atoms with Gasteiger partial charge in [0.2, 0.25) is 5.91 Å². The first kappa shape index (κ1) is 22.3. The van der Waals surface area contributed by atoms with Crippen LogP contribution in [0.15, 0.2) is 36.4 Å². The molecule has 1 atom stereocenters. The Balaban J connectivity index is 2.16. The number of halogens is 3. The van der Waals surface area contributed by atoms with Gasteiger partial charge in [0.25, 0.3) is 5.91 Å². The number of carbonyl (C=O) groups is 2. The van der Waals surface area contributed by atoms with Crippen molar-refractivity contribution >= 4 is 46.6 Å². The van der Waals surface area contributed by atoms with E-state index in [0.29, 0.717) is 20.8 Å². The summed E-state index contributed by atoms with van der Waals surface area (Å²) in [5.74, 6) is -0.0946. The number of likely N-dealkylation sites (N-methyl/N-ethyl adjacent to an activating group) is 1. The van der Waals surface area contributed by atoms with Gasteiger partial charge in [-0.05, 0) is 55.3 Å². The Morgan fingerprint density at radius 2 is 1.75 bits per heavy atom. The largest absolute Gasteiger partial charge is 0.484 e. The fourth-order valence-corrected chi connectivity index (χ4v) is 3.00. The number of hydrogen-bond acceptors (Lipinski definition) is 3. The topological polar surface area (TPSA) is 58.6 Å². The molecule has 0 aromatic heterocycles. The molecule has 0 saturated carbocycles. The molecule has 0 fully saturated rings. The highest BCUT2D eigenvalue weighted by Gasteiger charge is 2.26. The summed E-state index contributed by atoms with van der Waals surface area (Å²) in [6.45, 7) is 3.47. The van der Waals surface area contributed by atoms with Crippen LogP contribution in [0.4, 0.5) is 0 Å². The lowest BCUT2D eigenvalue weighted by Crippen LogP contribution is -2.48. The number of nitrogens with one attached hydrogen (secondary N) is 1. The molecule has 0 spiro atoms. The van der Waals surface area contributed by atoms with Gasteiger partial charge in [-0.3, -0.25) is 9.59 Å². The Bertz CT molecular complexity index is 874. The molecule has 8 heteroatoms. The van der Waals surface area contributed by atoms with Crippen LogP contribution < -0.4 is 10.1 Å². The van der Waals surface area contributed by atoms with Crippen molar-refractivity contribution in [2.45, 2.75) is 26.4 Å². The van der Waals surface area contributed by atoms with E-state index in [1.807, 2.05) is 6.92 Å². The molecule has 0 aliphatic rings. The molecule has 2 aromatic rings. The highest BCUT2D eigenvalue weighted by molar-refractivity contribution is 6.42. The number of amides is 2. The van der Waals surface area contributed by atoms with Crippen LogP contribution in [0, 0.1) is 6.92 Å². The standard InChI is InChI=1S/C20H21Cl3N2O3/c1-12-8-15(5-7-16(12)21)28-11-19(26)25(13(2)20(27)24-3)10-14-4-6-17(22)18(23)9-14/h4-9,13H,10-11H2,1-3H3,(H,24,27). The minimum Gasteiger partial charge on any atom is -0.484 e. The lowest BCUT2D eigenvalue weighted by Gasteiger charge is -2.28. The van der Waals surface area contributed by atoms with Crippen LogP contribution in [0.5, 0.6) is 5.75 Å². The molecule has 0 aliphatic heterocycles. The third-order valence-corrected chi connectivity index (χ3v) is 5.41. The lowest BCUT2D eigenvalue weighted by molar-refractivity contribution is -0.142. The number of hydrogen-bond donors (Lipinski definition) is 1. The molecule has 0 radical (unpaired) electrons. The van der Waals surface area contributed by atoms with Gasteiger partial charge in [0, 0.05) is 18.6 Å². The molecule has 5 nitrogen and oxygen atoms in total. The van der Waals surface area contributed by atoms with Crippen LogP contribution in [0.2, 0.25) is 15.1 Å². The summed E-state index contributed by atoms with van der Waals surface area (Å²) < 4.78 is 5.60. The monoisotopic (exact) mass is 442 g/mol. The van der Waals surface area contributed by atoms with Crippen molar-refractivity contribution in [2.24, 2.45) is 0 Å². The zero-order chi connectivity index (χ0) is 20.8. The second-order valence-corrected chi connectivity index (χ2v) is 7.48. The van der Waals surface area contributed by atoms with Gasteiger partial charge in [-0.2, -0.15) is 0 Å². The zero-order valence-electron chi connectivity index (χ0n) is 15.8. The van der Waals surface area contributed by atoms with Crippen molar-refractivity contribution < 1.29 is 14.3 Å². The van der Waals surface area contributed by atoms with Gasteiger partial charge in [0.15, 0.2) is 6.61 Å². The van der Waals surface area contributed by atoms with Gasteiger partial charge in [-0.1, -0.05) is 40.9 Å². The van der Waals surface area contributed by atoms with E-state index >= 15 is 0 Å². The smallest absolute Gasteiger partial charge is 0.261 e. The maximum Gasteiger partial charge on any atom is 0.261 e. The number of rotatable bonds is 7. The van der Waals surface area contributed by atoms with Crippen LogP contribution >= 0.6 is 34.8 Å². The Kier molecular flexibility index (Phi) is 7.98. The second kappa shape index (κ2) is 10.0. The van der Waals surface area contributed by atoms with Crippen molar-refractivity contribution in [3.63, 3.8) is 0 Å². The van der Waals surface area contributed by atoms with Gasteiger partial charge >= 0.3 is 0 Å². The normalized spacial score (nSPS) is 11.6. The van der Waals surface area contributed by atoms with Gasteiger partial charge in [-0.25, -0.2) is 0 Å². The molecule has 0 heterocycles. The number of ether oxygens (including phenoxy) is 1. The van der Waals surface area contributed by atoms with Crippen molar-refractivity contribution in [1.29, 1.82) is 0 Å². The van der Waals surface area contributed by atoms with Crippen LogP contribution in [-0.2, 0) is 16.1 Å². The Hall–Kier alpha value is -1.95. The molecule has 150 valence electrons. The number of carbonyl (C=O) groups excluding carboxylic acids is 2. The van der Waals surface area contributed by atoms with Crippen LogP contribution in [-0.4, -0.2) is 36.4 Å². The zero-order valence-corrected chi connectivity index (χ0v) is 18.0. The molecule has 1 unspecified atom stereocenters. The van der Waals surface area contributed by atoms with Crippen molar-refractivity contribution in [2.75, 3.05) is 13.7 Å². The van der Waals surface area contributed by atoms with Crippen molar-refractivity contribution in [3.8, 4) is 5.75 Å². The first-order chi connectivity index (χ1) is 13.2. The third kappa shape index (κ3) is 5.77. The number of aryl methyl sites for hydroxylation is 1. The van der Waals surface area contributed by atoms with Gasteiger partial charge in [-0.15, -0.1) is 0 Å². The highest BCUT2D eigenvalue weighted by atomic mass is 35.5. The SMILES string of the molecule is CNC(=O)C(C)N(Cc1ccc(Cl)c(Cl)c1)C(=O)COc1ccc(Cl)c(C)c1. The molecule has 0 saturated heterocycles. The van der Waals surface area contributed by atoms with Crippen LogP contribution in [0.1, 0.15) is 18.1 Å². The summed E-state index contributed by atoms with van der Waals surface area (Å²) >= 11 is 18.0. The molecule has 2 rings (SSSR count). The fourth-order valence-electron chi connectivity index (χ4n) is 2.56. The van der Waals surface area contributed by atoms with E-state index in [4.69, 9.17) is 39.5 Å². The summed E-state index contributed by atoms with van der Waals surface area (Å²) in [5, 5.41) is 3.98. The summed E-state index contributed by atoms with van der Waals surface area (Å²) in [6, 6.07) is 9.53. The van der Waals surface area contributed by atoms with Gasteiger partial charge in [0.05, 0.1) is 10.0 Å². The van der Waals surface area contributed by atoms with E-state index in [1.54, 1.807) is 43.3 Å². The Labute approximate surface area is 179 Å². The predicted molar refractivity (Wildman–Crippen MR) is 112 cm³/mol. The molecular weight excluding hydrogens is 423 g/mol. The summed E-state index contributed by atoms with van der Waals surface area (Å²) in [6.07, 6.45) is 0. The Morgan fingerprint density at radius 3 is 2.36 bits per heavy atom. The van der Waals surface area contributed by atoms with Gasteiger partial charge < -0.3 is 15.0 Å². The van der Waals surface area contributed by atoms with E-state index in [9.17, 15) is 9.59 Å². The van der Waals surface area contributed by atoms with E-state index in [1.165, 1.54) is 11.9 Å². The summed E-state index contributed by atoms with van der Waals surface area (Å²) in [4.78, 5) is 26.4. The average Bonchev–Trinajstić information content (AvgIpc) is 2.68. The minimum atomic E-state index is -0.692. The second-order valence-electron chi connectivity index (χ2n) is 6.26. The highest BCUT2D eigenvalue weighted by Crippen LogP contribution is 2.24. The third-order valence-electron chi connectivity index (χ3n) is 4.24. The van der Waals surface area contributed by atoms with Gasteiger partial charge in [0.1, 0.15) is 11.8 Å². The lowest BCUT2D eigenvalue weighted by atomic mass is 10.1. The van der Waals surface area contributed by atoms with E-state index in [0.717, 1.165) is 11.1 Å². The fraction of sp³-hybridized carbons (Fsp3) is 0.300. The minimum absolute atomic E-state index is 0.188.